The number of rotatable bonds is 6. The van der Waals surface area contributed by atoms with Crippen molar-refractivity contribution in [2.24, 2.45) is 0 Å². The highest BCUT2D eigenvalue weighted by molar-refractivity contribution is 7.33. The smallest absolute Gasteiger partial charge is 0.324 e. The maximum absolute atomic E-state index is 10.7. The van der Waals surface area contributed by atoms with E-state index in [-0.39, 0.29) is 0 Å². The highest BCUT2D eigenvalue weighted by Gasteiger charge is 2.08. The van der Waals surface area contributed by atoms with Crippen molar-refractivity contribution in [1.29, 1.82) is 0 Å². The molecule has 0 radical (unpaired) electrons. The molecule has 2 atom stereocenters. The second-order valence-corrected chi connectivity index (χ2v) is 2.71. The van der Waals surface area contributed by atoms with Gasteiger partial charge in [-0.15, -0.1) is 0 Å². The predicted octanol–water partition coefficient (Wildman–Crippen LogP) is 0.418. The summed E-state index contributed by atoms with van der Waals surface area (Å²) in [6.45, 7) is 6.35. The van der Waals surface area contributed by atoms with Crippen LogP contribution in [0.3, 0.4) is 0 Å². The second-order valence-electron chi connectivity index (χ2n) is 1.74. The Labute approximate surface area is 70.9 Å². The lowest BCUT2D eigenvalue weighted by atomic mass is 10.6. The van der Waals surface area contributed by atoms with Crippen molar-refractivity contribution in [3.63, 3.8) is 0 Å². The normalized spacial score (nSPS) is 17.8. The molecule has 0 aromatic carbocycles. The van der Waals surface area contributed by atoms with Gasteiger partial charge < -0.3 is 10.2 Å². The van der Waals surface area contributed by atoms with Crippen LogP contribution in [-0.4, -0.2) is 22.8 Å². The van der Waals surface area contributed by atoms with Crippen LogP contribution < -0.4 is 0 Å². The maximum atomic E-state index is 10.7. The van der Waals surface area contributed by atoms with E-state index in [0.29, 0.717) is 0 Å². The van der Waals surface area contributed by atoms with Crippen LogP contribution in [0.1, 0.15) is 0 Å². The van der Waals surface area contributed by atoms with Crippen LogP contribution in [0, 0.1) is 0 Å². The average Bonchev–Trinajstić information content (AvgIpc) is 2.03. The molecule has 0 aromatic heterocycles. The Bertz CT molecular complexity index is 163. The zero-order valence-electron chi connectivity index (χ0n) is 6.34. The topological polar surface area (TPSA) is 76.0 Å². The summed E-state index contributed by atoms with van der Waals surface area (Å²) in [6, 6.07) is 0. The third kappa shape index (κ3) is 5.23. The summed E-state index contributed by atoms with van der Waals surface area (Å²) in [6.07, 6.45) is -0.639. The van der Waals surface area contributed by atoms with Gasteiger partial charge in [0.15, 0.2) is 12.6 Å². The van der Waals surface area contributed by atoms with Crippen LogP contribution in [0.15, 0.2) is 25.3 Å². The molecule has 6 heteroatoms. The Morgan fingerprint density at radius 1 is 1.17 bits per heavy atom. The van der Waals surface area contributed by atoms with Gasteiger partial charge in [-0.25, -0.2) is 0 Å². The lowest BCUT2D eigenvalue weighted by Crippen LogP contribution is -2.07. The van der Waals surface area contributed by atoms with Crippen LogP contribution in [0.25, 0.3) is 0 Å². The molecule has 2 N–H and O–H groups in total. The van der Waals surface area contributed by atoms with Gasteiger partial charge in [0, 0.05) is 0 Å². The van der Waals surface area contributed by atoms with Crippen molar-refractivity contribution in [3.8, 4) is 0 Å². The zero-order chi connectivity index (χ0) is 9.56. The molecular formula is C6H11O5P. The summed E-state index contributed by atoms with van der Waals surface area (Å²) in [7, 11) is -2.90. The van der Waals surface area contributed by atoms with E-state index in [1.54, 1.807) is 0 Å². The number of hydrogen-bond acceptors (Lipinski definition) is 5. The highest BCUT2D eigenvalue weighted by Crippen LogP contribution is 2.27. The molecule has 0 amide bonds. The molecular weight excluding hydrogens is 183 g/mol. The molecule has 0 fully saturated rings. The van der Waals surface area contributed by atoms with Crippen molar-refractivity contribution >= 4 is 8.25 Å². The molecule has 0 saturated carbocycles. The second kappa shape index (κ2) is 6.11. The van der Waals surface area contributed by atoms with Crippen molar-refractivity contribution in [1.82, 2.24) is 0 Å². The Kier molecular flexibility index (Phi) is 5.88. The largest absolute Gasteiger partial charge is 0.364 e. The fourth-order valence-electron chi connectivity index (χ4n) is 0.321. The van der Waals surface area contributed by atoms with Crippen molar-refractivity contribution < 1.29 is 23.8 Å². The van der Waals surface area contributed by atoms with E-state index >= 15 is 0 Å². The fraction of sp³-hybridized carbons (Fsp3) is 0.333. The highest BCUT2D eigenvalue weighted by atomic mass is 31.1. The van der Waals surface area contributed by atoms with Crippen molar-refractivity contribution in [2.75, 3.05) is 0 Å². The van der Waals surface area contributed by atoms with E-state index in [0.717, 1.165) is 12.2 Å². The molecule has 2 unspecified atom stereocenters. The third-order valence-corrected chi connectivity index (χ3v) is 1.71. The molecule has 0 aliphatic heterocycles. The van der Waals surface area contributed by atoms with Crippen LogP contribution in [0.4, 0.5) is 0 Å². The standard InChI is InChI=1S/C6H11O5P/c1-3-5(7)10-12(9)11-6(8)4-2/h3-8,12H,1-2H2. The molecule has 0 heterocycles. The minimum absolute atomic E-state index is 1.03. The Balaban J connectivity index is 3.73. The first-order valence-electron chi connectivity index (χ1n) is 3.08. The molecule has 0 spiro atoms. The molecule has 0 rings (SSSR count). The number of aliphatic hydroxyl groups is 2. The first kappa shape index (κ1) is 11.6. The molecule has 12 heavy (non-hydrogen) atoms. The van der Waals surface area contributed by atoms with Gasteiger partial charge in [0.05, 0.1) is 0 Å². The minimum Gasteiger partial charge on any atom is -0.364 e. The molecule has 0 aromatic rings. The van der Waals surface area contributed by atoms with Gasteiger partial charge in [-0.2, -0.15) is 0 Å². The molecule has 70 valence electrons. The molecule has 0 aliphatic carbocycles. The maximum Gasteiger partial charge on any atom is 0.324 e. The molecule has 0 saturated heterocycles. The summed E-state index contributed by atoms with van der Waals surface area (Å²) in [5, 5.41) is 17.4. The van der Waals surface area contributed by atoms with Crippen LogP contribution in [0.5, 0.6) is 0 Å². The fourth-order valence-corrected chi connectivity index (χ4v) is 0.964. The quantitative estimate of drug-likeness (QED) is 0.364. The lowest BCUT2D eigenvalue weighted by Gasteiger charge is -2.09. The summed E-state index contributed by atoms with van der Waals surface area (Å²) >= 11 is 0. The van der Waals surface area contributed by atoms with Gasteiger partial charge in [0.25, 0.3) is 0 Å². The summed E-state index contributed by atoms with van der Waals surface area (Å²) in [5.41, 5.74) is 0. The van der Waals surface area contributed by atoms with Gasteiger partial charge in [-0.3, -0.25) is 13.6 Å². The van der Waals surface area contributed by atoms with Gasteiger partial charge in [-0.1, -0.05) is 13.2 Å². The summed E-state index contributed by atoms with van der Waals surface area (Å²) in [5.74, 6) is 0. The van der Waals surface area contributed by atoms with E-state index in [1.807, 2.05) is 0 Å². The lowest BCUT2D eigenvalue weighted by molar-refractivity contribution is -0.0191. The molecule has 5 nitrogen and oxygen atoms in total. The first-order valence-corrected chi connectivity index (χ1v) is 4.31. The van der Waals surface area contributed by atoms with E-state index in [2.05, 4.69) is 22.2 Å². The van der Waals surface area contributed by atoms with E-state index in [4.69, 9.17) is 10.2 Å². The van der Waals surface area contributed by atoms with Gasteiger partial charge in [0.2, 0.25) is 0 Å². The van der Waals surface area contributed by atoms with Crippen molar-refractivity contribution in [3.05, 3.63) is 25.3 Å². The van der Waals surface area contributed by atoms with Crippen LogP contribution >= 0.6 is 8.25 Å². The van der Waals surface area contributed by atoms with Gasteiger partial charge in [0.1, 0.15) is 0 Å². The van der Waals surface area contributed by atoms with Gasteiger partial charge in [-0.05, 0) is 12.2 Å². The predicted molar refractivity (Wildman–Crippen MR) is 43.6 cm³/mol. The number of aliphatic hydroxyl groups excluding tert-OH is 2. The van der Waals surface area contributed by atoms with E-state index in [1.165, 1.54) is 0 Å². The Hall–Kier alpha value is -0.450. The minimum atomic E-state index is -2.90. The first-order chi connectivity index (χ1) is 5.60. The third-order valence-electron chi connectivity index (χ3n) is 0.837. The van der Waals surface area contributed by atoms with Crippen LogP contribution in [-0.2, 0) is 13.6 Å². The van der Waals surface area contributed by atoms with E-state index in [9.17, 15) is 4.57 Å². The Morgan fingerprint density at radius 2 is 1.50 bits per heavy atom. The molecule has 0 aliphatic rings. The van der Waals surface area contributed by atoms with Gasteiger partial charge >= 0.3 is 8.25 Å². The monoisotopic (exact) mass is 194 g/mol. The van der Waals surface area contributed by atoms with E-state index < -0.39 is 20.8 Å². The molecule has 0 bridgehead atoms. The van der Waals surface area contributed by atoms with Crippen LogP contribution in [0.2, 0.25) is 0 Å². The number of hydrogen-bond donors (Lipinski definition) is 2. The SMILES string of the molecule is C=CC(O)O[PH](=O)OC(O)C=C. The Morgan fingerprint density at radius 3 is 1.75 bits per heavy atom. The summed E-state index contributed by atoms with van der Waals surface area (Å²) < 4.78 is 19.4. The zero-order valence-corrected chi connectivity index (χ0v) is 7.34. The average molecular weight is 194 g/mol. The van der Waals surface area contributed by atoms with Crippen molar-refractivity contribution in [2.45, 2.75) is 12.6 Å². The summed E-state index contributed by atoms with van der Waals surface area (Å²) in [4.78, 5) is 0.